The molecule has 0 fully saturated rings. The van der Waals surface area contributed by atoms with Crippen LogP contribution < -0.4 is 5.32 Å². The quantitative estimate of drug-likeness (QED) is 0.540. The molecule has 2 aromatic heterocycles. The van der Waals surface area contributed by atoms with E-state index in [-0.39, 0.29) is 17.7 Å². The number of nitrogens with zero attached hydrogens (tertiary/aromatic N) is 4. The summed E-state index contributed by atoms with van der Waals surface area (Å²) in [5, 5.41) is 11.5. The van der Waals surface area contributed by atoms with Crippen molar-refractivity contribution in [1.29, 1.82) is 0 Å². The Morgan fingerprint density at radius 1 is 1.06 bits per heavy atom. The highest BCUT2D eigenvalue weighted by atomic mass is 16.2. The minimum atomic E-state index is -0.456. The third kappa shape index (κ3) is 4.45. The van der Waals surface area contributed by atoms with Crippen LogP contribution in [0.15, 0.2) is 48.7 Å². The van der Waals surface area contributed by atoms with E-state index in [1.165, 1.54) is 0 Å². The number of unbranched alkanes of at least 4 members (excludes halogenated alkanes) is 2. The molecule has 3 heterocycles. The number of aryl methyl sites for hydroxylation is 1. The van der Waals surface area contributed by atoms with Gasteiger partial charge in [-0.1, -0.05) is 44.5 Å². The maximum absolute atomic E-state index is 12.9. The lowest BCUT2D eigenvalue weighted by molar-refractivity contribution is -0.127. The van der Waals surface area contributed by atoms with Gasteiger partial charge in [-0.15, -0.1) is 10.2 Å². The molecule has 1 aliphatic heterocycles. The van der Waals surface area contributed by atoms with Crippen molar-refractivity contribution in [2.45, 2.75) is 52.1 Å². The Labute approximate surface area is 182 Å². The second kappa shape index (κ2) is 9.29. The predicted molar refractivity (Wildman–Crippen MR) is 118 cm³/mol. The van der Waals surface area contributed by atoms with Crippen molar-refractivity contribution >= 4 is 17.5 Å². The van der Waals surface area contributed by atoms with Gasteiger partial charge in [-0.3, -0.25) is 14.0 Å². The molecule has 1 aromatic carbocycles. The summed E-state index contributed by atoms with van der Waals surface area (Å²) in [5.74, 6) is 0.885. The second-order valence-electron chi connectivity index (χ2n) is 8.43. The third-order valence-corrected chi connectivity index (χ3v) is 5.85. The summed E-state index contributed by atoms with van der Waals surface area (Å²) in [7, 11) is 0. The van der Waals surface area contributed by atoms with Crippen LogP contribution in [-0.2, 0) is 17.8 Å². The number of hydrogen-bond donors (Lipinski definition) is 1. The molecule has 0 radical (unpaired) electrons. The standard InChI is InChI=1S/C24H29N5O2/c1-17(2)22(29-16-18-10-5-6-11-19(18)24(29)31)23(30)25-14-8-3-4-12-20-26-27-21-13-7-9-15-28(20)21/h5-7,9-11,13,15,17,22H,3-4,8,12,14,16H2,1-2H3,(H,25,30)/t22-/m1/s1. The maximum atomic E-state index is 12.9. The van der Waals surface area contributed by atoms with E-state index in [0.717, 1.165) is 42.7 Å². The monoisotopic (exact) mass is 419 g/mol. The average Bonchev–Trinajstić information content (AvgIpc) is 3.32. The third-order valence-electron chi connectivity index (χ3n) is 5.85. The highest BCUT2D eigenvalue weighted by Crippen LogP contribution is 2.27. The summed E-state index contributed by atoms with van der Waals surface area (Å²) >= 11 is 0. The Kier molecular flexibility index (Phi) is 6.30. The Morgan fingerprint density at radius 3 is 2.68 bits per heavy atom. The number of fused-ring (bicyclic) bond motifs is 2. The average molecular weight is 420 g/mol. The molecule has 0 bridgehead atoms. The summed E-state index contributed by atoms with van der Waals surface area (Å²) in [5.41, 5.74) is 2.57. The second-order valence-corrected chi connectivity index (χ2v) is 8.43. The number of pyridine rings is 1. The van der Waals surface area contributed by atoms with Crippen LogP contribution in [0.5, 0.6) is 0 Å². The number of rotatable bonds is 9. The van der Waals surface area contributed by atoms with Crippen LogP contribution in [0.3, 0.4) is 0 Å². The molecular formula is C24H29N5O2. The number of amides is 2. The largest absolute Gasteiger partial charge is 0.354 e. The van der Waals surface area contributed by atoms with Crippen molar-refractivity contribution < 1.29 is 9.59 Å². The van der Waals surface area contributed by atoms with Gasteiger partial charge in [0.25, 0.3) is 5.91 Å². The smallest absolute Gasteiger partial charge is 0.255 e. The molecule has 7 heteroatoms. The van der Waals surface area contributed by atoms with E-state index >= 15 is 0 Å². The van der Waals surface area contributed by atoms with E-state index in [1.54, 1.807) is 4.90 Å². The first-order valence-electron chi connectivity index (χ1n) is 11.0. The number of aromatic nitrogens is 3. The van der Waals surface area contributed by atoms with Crippen molar-refractivity contribution in [3.63, 3.8) is 0 Å². The van der Waals surface area contributed by atoms with Crippen LogP contribution >= 0.6 is 0 Å². The van der Waals surface area contributed by atoms with Crippen LogP contribution in [0.4, 0.5) is 0 Å². The summed E-state index contributed by atoms with van der Waals surface area (Å²) < 4.78 is 2.01. The van der Waals surface area contributed by atoms with E-state index in [0.29, 0.717) is 18.7 Å². The zero-order chi connectivity index (χ0) is 21.8. The van der Waals surface area contributed by atoms with Gasteiger partial charge in [-0.05, 0) is 42.5 Å². The Balaban J connectivity index is 1.24. The number of carbonyl (C=O) groups excluding carboxylic acids is 2. The van der Waals surface area contributed by atoms with Crippen molar-refractivity contribution in [3.8, 4) is 0 Å². The van der Waals surface area contributed by atoms with Gasteiger partial charge in [0, 0.05) is 31.3 Å². The van der Waals surface area contributed by atoms with Crippen LogP contribution in [0.1, 0.15) is 54.9 Å². The molecule has 0 saturated heterocycles. The van der Waals surface area contributed by atoms with Crippen molar-refractivity contribution in [1.82, 2.24) is 24.8 Å². The van der Waals surface area contributed by atoms with Gasteiger partial charge in [0.15, 0.2) is 5.65 Å². The maximum Gasteiger partial charge on any atom is 0.255 e. The summed E-state index contributed by atoms with van der Waals surface area (Å²) in [6.45, 7) is 5.09. The summed E-state index contributed by atoms with van der Waals surface area (Å²) in [6, 6.07) is 13.0. The van der Waals surface area contributed by atoms with Gasteiger partial charge in [0.1, 0.15) is 11.9 Å². The first-order chi connectivity index (χ1) is 15.1. The number of carbonyl (C=O) groups is 2. The fourth-order valence-corrected chi connectivity index (χ4v) is 4.27. The lowest BCUT2D eigenvalue weighted by atomic mass is 10.0. The summed E-state index contributed by atoms with van der Waals surface area (Å²) in [6.07, 6.45) is 5.70. The van der Waals surface area contributed by atoms with Gasteiger partial charge in [0.05, 0.1) is 0 Å². The van der Waals surface area contributed by atoms with Crippen LogP contribution in [-0.4, -0.2) is 43.9 Å². The fraction of sp³-hybridized carbons (Fsp3) is 0.417. The normalized spacial score (nSPS) is 14.3. The van der Waals surface area contributed by atoms with Gasteiger partial charge in [-0.25, -0.2) is 0 Å². The molecule has 7 nitrogen and oxygen atoms in total. The SMILES string of the molecule is CC(C)[C@H](C(=O)NCCCCCc1nnc2ccccn12)N1Cc2ccccc2C1=O. The van der Waals surface area contributed by atoms with Crippen LogP contribution in [0.25, 0.3) is 5.65 Å². The van der Waals surface area contributed by atoms with E-state index < -0.39 is 6.04 Å². The molecule has 1 aliphatic rings. The molecule has 0 saturated carbocycles. The first-order valence-corrected chi connectivity index (χ1v) is 11.0. The van der Waals surface area contributed by atoms with E-state index in [9.17, 15) is 9.59 Å². The fourth-order valence-electron chi connectivity index (χ4n) is 4.27. The Morgan fingerprint density at radius 2 is 1.87 bits per heavy atom. The molecule has 2 amide bonds. The highest BCUT2D eigenvalue weighted by Gasteiger charge is 2.37. The molecule has 0 spiro atoms. The van der Waals surface area contributed by atoms with Gasteiger partial charge in [0.2, 0.25) is 5.91 Å². The van der Waals surface area contributed by atoms with Crippen LogP contribution in [0.2, 0.25) is 0 Å². The minimum Gasteiger partial charge on any atom is -0.354 e. The molecule has 1 N–H and O–H groups in total. The number of benzene rings is 1. The lowest BCUT2D eigenvalue weighted by Gasteiger charge is -2.30. The van der Waals surface area contributed by atoms with Gasteiger partial charge < -0.3 is 10.2 Å². The zero-order valence-corrected chi connectivity index (χ0v) is 18.1. The molecule has 0 aliphatic carbocycles. The molecule has 162 valence electrons. The molecule has 4 rings (SSSR count). The van der Waals surface area contributed by atoms with Crippen molar-refractivity contribution in [3.05, 3.63) is 65.6 Å². The highest BCUT2D eigenvalue weighted by molar-refractivity contribution is 6.01. The number of nitrogens with one attached hydrogen (secondary N) is 1. The molecular weight excluding hydrogens is 390 g/mol. The topological polar surface area (TPSA) is 79.6 Å². The van der Waals surface area contributed by atoms with E-state index in [4.69, 9.17) is 0 Å². The van der Waals surface area contributed by atoms with E-state index in [1.807, 2.05) is 66.9 Å². The van der Waals surface area contributed by atoms with Crippen molar-refractivity contribution in [2.24, 2.45) is 5.92 Å². The van der Waals surface area contributed by atoms with Gasteiger partial charge in [-0.2, -0.15) is 0 Å². The van der Waals surface area contributed by atoms with Crippen LogP contribution in [0, 0.1) is 5.92 Å². The zero-order valence-electron chi connectivity index (χ0n) is 18.1. The molecule has 0 unspecified atom stereocenters. The Hall–Kier alpha value is -3.22. The minimum absolute atomic E-state index is 0.0412. The summed E-state index contributed by atoms with van der Waals surface area (Å²) in [4.78, 5) is 27.4. The Bertz CT molecular complexity index is 1070. The first kappa shape index (κ1) is 21.0. The van der Waals surface area contributed by atoms with Crippen molar-refractivity contribution in [2.75, 3.05) is 6.54 Å². The number of hydrogen-bond acceptors (Lipinski definition) is 4. The molecule has 1 atom stereocenters. The van der Waals surface area contributed by atoms with E-state index in [2.05, 4.69) is 15.5 Å². The lowest BCUT2D eigenvalue weighted by Crippen LogP contribution is -2.50. The predicted octanol–water partition coefficient (Wildman–Crippen LogP) is 3.24. The van der Waals surface area contributed by atoms with Gasteiger partial charge >= 0.3 is 0 Å². The molecule has 3 aromatic rings. The molecule has 31 heavy (non-hydrogen) atoms.